The Morgan fingerprint density at radius 3 is 2.75 bits per heavy atom. The molecule has 0 radical (unpaired) electrons. The number of rotatable bonds is 8. The average Bonchev–Trinajstić information content (AvgIpc) is 2.60. The largest absolute Gasteiger partial charge is 0.496 e. The first-order chi connectivity index (χ1) is 11.9. The molecule has 2 aliphatic heterocycles. The number of fused-ring (bicyclic) bond motifs is 1. The molecule has 0 aliphatic carbocycles. The van der Waals surface area contributed by atoms with Gasteiger partial charge in [0.2, 0.25) is 0 Å². The Morgan fingerprint density at radius 1 is 1.21 bits per heavy atom. The molecule has 1 aromatic heterocycles. The monoisotopic (exact) mass is 335 g/mol. The summed E-state index contributed by atoms with van der Waals surface area (Å²) in [6, 6.07) is 2.11. The fraction of sp³-hybridized carbons (Fsp3) is 0.737. The van der Waals surface area contributed by atoms with E-state index in [1.165, 1.54) is 12.0 Å². The van der Waals surface area contributed by atoms with Gasteiger partial charge in [0.15, 0.2) is 0 Å². The summed E-state index contributed by atoms with van der Waals surface area (Å²) >= 11 is 0. The van der Waals surface area contributed by atoms with Crippen molar-refractivity contribution in [2.45, 2.75) is 58.5 Å². The topological polar surface area (TPSA) is 55.4 Å². The van der Waals surface area contributed by atoms with E-state index in [9.17, 15) is 0 Å². The van der Waals surface area contributed by atoms with Crippen LogP contribution in [-0.4, -0.2) is 44.4 Å². The minimum atomic E-state index is 0.456. The minimum Gasteiger partial charge on any atom is -0.496 e. The summed E-state index contributed by atoms with van der Waals surface area (Å²) < 4.78 is 11.3. The third kappa shape index (κ3) is 5.35. The van der Waals surface area contributed by atoms with Crippen LogP contribution in [0.3, 0.4) is 0 Å². The van der Waals surface area contributed by atoms with Gasteiger partial charge >= 0.3 is 0 Å². The highest BCUT2D eigenvalue weighted by atomic mass is 16.5. The number of nitrogens with one attached hydrogen (secondary N) is 2. The highest BCUT2D eigenvalue weighted by Crippen LogP contribution is 2.30. The van der Waals surface area contributed by atoms with E-state index in [2.05, 4.69) is 16.7 Å². The molecule has 3 rings (SSSR count). The van der Waals surface area contributed by atoms with Crippen LogP contribution in [-0.2, 0) is 17.6 Å². The van der Waals surface area contributed by atoms with Crippen LogP contribution >= 0.6 is 0 Å². The zero-order chi connectivity index (χ0) is 17.2. The lowest BCUT2D eigenvalue weighted by molar-refractivity contribution is 0.0170. The second-order valence-corrected chi connectivity index (χ2v) is 6.14. The van der Waals surface area contributed by atoms with Crippen LogP contribution in [0.5, 0.6) is 5.75 Å². The van der Waals surface area contributed by atoms with Gasteiger partial charge in [0.05, 0.1) is 13.2 Å². The van der Waals surface area contributed by atoms with Gasteiger partial charge in [-0.15, -0.1) is 0 Å². The number of aromatic nitrogens is 1. The van der Waals surface area contributed by atoms with Crippen molar-refractivity contribution in [2.75, 3.05) is 38.7 Å². The zero-order valence-electron chi connectivity index (χ0n) is 15.5. The van der Waals surface area contributed by atoms with Crippen molar-refractivity contribution >= 4 is 5.82 Å². The molecule has 0 aromatic carbocycles. The van der Waals surface area contributed by atoms with E-state index in [0.717, 1.165) is 75.6 Å². The molecule has 5 nitrogen and oxygen atoms in total. The van der Waals surface area contributed by atoms with Crippen molar-refractivity contribution in [2.24, 2.45) is 0 Å². The van der Waals surface area contributed by atoms with Crippen LogP contribution in [0.2, 0.25) is 0 Å². The molecule has 0 spiro atoms. The summed E-state index contributed by atoms with van der Waals surface area (Å²) in [5, 5.41) is 6.62. The average molecular weight is 335 g/mol. The minimum absolute atomic E-state index is 0.456. The van der Waals surface area contributed by atoms with Crippen LogP contribution in [0.15, 0.2) is 6.07 Å². The Labute approximate surface area is 146 Å². The van der Waals surface area contributed by atoms with Crippen LogP contribution in [0, 0.1) is 0 Å². The van der Waals surface area contributed by atoms with Gasteiger partial charge in [-0.05, 0) is 32.1 Å². The van der Waals surface area contributed by atoms with Crippen molar-refractivity contribution in [3.63, 3.8) is 0 Å². The molecule has 0 saturated carbocycles. The first-order valence-electron chi connectivity index (χ1n) is 9.50. The molecule has 136 valence electrons. The smallest absolute Gasteiger partial charge is 0.133 e. The summed E-state index contributed by atoms with van der Waals surface area (Å²) in [7, 11) is 1.75. The standard InChI is InChI=1S/C17H27N3O2.C2H6/c1-21-16-10-13(20-17-15(16)7-5-8-19-17)6-3-2-4-9-22-14-11-18-12-14;1-2/h10,14,18H,2-9,11-12H2,1H3,(H,19,20);1-2H3. The molecule has 0 amide bonds. The maximum absolute atomic E-state index is 5.73. The number of methoxy groups -OCH3 is 1. The molecule has 5 heteroatoms. The summed E-state index contributed by atoms with van der Waals surface area (Å²) in [6.45, 7) is 7.94. The Kier molecular flexibility index (Phi) is 8.33. The number of hydrogen-bond acceptors (Lipinski definition) is 5. The van der Waals surface area contributed by atoms with Gasteiger partial charge in [-0.1, -0.05) is 20.3 Å². The van der Waals surface area contributed by atoms with Gasteiger partial charge in [-0.2, -0.15) is 0 Å². The Morgan fingerprint density at radius 2 is 2.04 bits per heavy atom. The number of aryl methyl sites for hydroxylation is 1. The molecule has 1 aromatic rings. The normalized spacial score (nSPS) is 16.3. The van der Waals surface area contributed by atoms with Gasteiger partial charge in [-0.3, -0.25) is 0 Å². The number of unbranched alkanes of at least 4 members (excludes halogenated alkanes) is 2. The van der Waals surface area contributed by atoms with Gasteiger partial charge < -0.3 is 20.1 Å². The maximum atomic E-state index is 5.73. The molecule has 1 fully saturated rings. The van der Waals surface area contributed by atoms with Crippen LogP contribution < -0.4 is 15.4 Å². The predicted octanol–water partition coefficient (Wildman–Crippen LogP) is 3.18. The Balaban J connectivity index is 0.00000100. The van der Waals surface area contributed by atoms with E-state index in [1.807, 2.05) is 13.8 Å². The molecule has 0 unspecified atom stereocenters. The second kappa shape index (κ2) is 10.5. The lowest BCUT2D eigenvalue weighted by atomic mass is 10.0. The van der Waals surface area contributed by atoms with Crippen molar-refractivity contribution in [3.05, 3.63) is 17.3 Å². The van der Waals surface area contributed by atoms with Gasteiger partial charge in [0.25, 0.3) is 0 Å². The van der Waals surface area contributed by atoms with E-state index in [0.29, 0.717) is 6.10 Å². The van der Waals surface area contributed by atoms with Crippen molar-refractivity contribution in [1.29, 1.82) is 0 Å². The molecule has 1 saturated heterocycles. The van der Waals surface area contributed by atoms with E-state index in [-0.39, 0.29) is 0 Å². The van der Waals surface area contributed by atoms with Gasteiger partial charge in [0, 0.05) is 43.6 Å². The highest BCUT2D eigenvalue weighted by molar-refractivity contribution is 5.54. The van der Waals surface area contributed by atoms with E-state index in [4.69, 9.17) is 14.5 Å². The van der Waals surface area contributed by atoms with Gasteiger partial charge in [0.1, 0.15) is 11.6 Å². The molecule has 2 N–H and O–H groups in total. The van der Waals surface area contributed by atoms with Crippen molar-refractivity contribution in [1.82, 2.24) is 10.3 Å². The summed E-state index contributed by atoms with van der Waals surface area (Å²) in [4.78, 5) is 4.76. The molecule has 0 bridgehead atoms. The summed E-state index contributed by atoms with van der Waals surface area (Å²) in [5.41, 5.74) is 2.37. The first kappa shape index (κ1) is 19.0. The third-order valence-electron chi connectivity index (χ3n) is 4.43. The Hall–Kier alpha value is -1.33. The molecule has 24 heavy (non-hydrogen) atoms. The third-order valence-corrected chi connectivity index (χ3v) is 4.43. The maximum Gasteiger partial charge on any atom is 0.133 e. The number of ether oxygens (including phenoxy) is 2. The molecule has 2 aliphatic rings. The molecule has 0 atom stereocenters. The van der Waals surface area contributed by atoms with E-state index < -0.39 is 0 Å². The lowest BCUT2D eigenvalue weighted by Gasteiger charge is -2.27. The van der Waals surface area contributed by atoms with Crippen LogP contribution in [0.4, 0.5) is 5.82 Å². The van der Waals surface area contributed by atoms with Crippen molar-refractivity contribution in [3.8, 4) is 5.75 Å². The lowest BCUT2D eigenvalue weighted by Crippen LogP contribution is -2.48. The SMILES string of the molecule is CC.COc1cc(CCCCCOC2CNC2)nc2c1CCCN2. The van der Waals surface area contributed by atoms with Crippen LogP contribution in [0.1, 0.15) is 50.8 Å². The predicted molar refractivity (Wildman–Crippen MR) is 99.1 cm³/mol. The molecular formula is C19H33N3O2. The number of hydrogen-bond donors (Lipinski definition) is 2. The van der Waals surface area contributed by atoms with Crippen LogP contribution in [0.25, 0.3) is 0 Å². The number of pyridine rings is 1. The summed E-state index contributed by atoms with van der Waals surface area (Å²) in [5.74, 6) is 2.02. The Bertz CT molecular complexity index is 472. The fourth-order valence-electron chi connectivity index (χ4n) is 2.98. The van der Waals surface area contributed by atoms with E-state index in [1.54, 1.807) is 7.11 Å². The quantitative estimate of drug-likeness (QED) is 0.715. The van der Waals surface area contributed by atoms with Crippen molar-refractivity contribution < 1.29 is 9.47 Å². The number of nitrogens with zero attached hydrogens (tertiary/aromatic N) is 1. The van der Waals surface area contributed by atoms with E-state index >= 15 is 0 Å². The number of anilines is 1. The fourth-order valence-corrected chi connectivity index (χ4v) is 2.98. The highest BCUT2D eigenvalue weighted by Gasteiger charge is 2.17. The molecular weight excluding hydrogens is 302 g/mol. The molecule has 3 heterocycles. The van der Waals surface area contributed by atoms with Gasteiger partial charge in [-0.25, -0.2) is 4.98 Å². The second-order valence-electron chi connectivity index (χ2n) is 6.14. The zero-order valence-corrected chi connectivity index (χ0v) is 15.5. The summed E-state index contributed by atoms with van der Waals surface area (Å²) in [6.07, 6.45) is 7.16. The first-order valence-corrected chi connectivity index (χ1v) is 9.50.